The Hall–Kier alpha value is -0.283. The smallest absolute Gasteiger partial charge is 0.250 e. The highest BCUT2D eigenvalue weighted by Gasteiger charge is 2.38. The SMILES string of the molecule is CC(C)(C)[Si](C)(C)Oc1ccc(CBr)cc1. The van der Waals surface area contributed by atoms with Gasteiger partial charge in [0, 0.05) is 5.33 Å². The highest BCUT2D eigenvalue weighted by molar-refractivity contribution is 9.08. The van der Waals surface area contributed by atoms with Gasteiger partial charge in [0.15, 0.2) is 0 Å². The summed E-state index contributed by atoms with van der Waals surface area (Å²) >= 11 is 3.44. The maximum atomic E-state index is 6.19. The molecular formula is C13H21BrOSi. The molecule has 0 radical (unpaired) electrons. The molecule has 0 atom stereocenters. The molecule has 0 amide bonds. The summed E-state index contributed by atoms with van der Waals surface area (Å²) < 4.78 is 6.19. The summed E-state index contributed by atoms with van der Waals surface area (Å²) in [6.07, 6.45) is 0. The molecule has 1 aromatic rings. The van der Waals surface area contributed by atoms with Gasteiger partial charge in [-0.3, -0.25) is 0 Å². The lowest BCUT2D eigenvalue weighted by atomic mass is 10.2. The van der Waals surface area contributed by atoms with Gasteiger partial charge in [-0.05, 0) is 35.8 Å². The maximum absolute atomic E-state index is 6.19. The van der Waals surface area contributed by atoms with Gasteiger partial charge in [0.05, 0.1) is 0 Å². The molecule has 0 fully saturated rings. The van der Waals surface area contributed by atoms with Crippen LogP contribution in [-0.4, -0.2) is 8.32 Å². The van der Waals surface area contributed by atoms with Crippen LogP contribution in [0.25, 0.3) is 0 Å². The zero-order valence-corrected chi connectivity index (χ0v) is 13.4. The van der Waals surface area contributed by atoms with E-state index in [0.29, 0.717) is 0 Å². The molecule has 1 nitrogen and oxygen atoms in total. The molecule has 0 saturated heterocycles. The lowest BCUT2D eigenvalue weighted by molar-refractivity contribution is 0.492. The fourth-order valence-electron chi connectivity index (χ4n) is 1.09. The van der Waals surface area contributed by atoms with E-state index in [4.69, 9.17) is 4.43 Å². The molecule has 0 bridgehead atoms. The summed E-state index contributed by atoms with van der Waals surface area (Å²) in [5.74, 6) is 0.997. The van der Waals surface area contributed by atoms with E-state index in [9.17, 15) is 0 Å². The first kappa shape index (κ1) is 13.8. The van der Waals surface area contributed by atoms with Gasteiger partial charge in [-0.25, -0.2) is 0 Å². The highest BCUT2D eigenvalue weighted by Crippen LogP contribution is 2.37. The number of halogens is 1. The average Bonchev–Trinajstić information content (AvgIpc) is 2.16. The Bertz CT molecular complexity index is 338. The number of alkyl halides is 1. The first-order chi connectivity index (χ1) is 7.26. The molecule has 1 rings (SSSR count). The lowest BCUT2D eigenvalue weighted by Crippen LogP contribution is -2.43. The quantitative estimate of drug-likeness (QED) is 0.566. The molecule has 0 heterocycles. The van der Waals surface area contributed by atoms with E-state index in [1.54, 1.807) is 0 Å². The summed E-state index contributed by atoms with van der Waals surface area (Å²) in [5.41, 5.74) is 1.28. The van der Waals surface area contributed by atoms with Crippen molar-refractivity contribution in [2.24, 2.45) is 0 Å². The van der Waals surface area contributed by atoms with E-state index in [-0.39, 0.29) is 5.04 Å². The summed E-state index contributed by atoms with van der Waals surface area (Å²) in [7, 11) is -1.69. The third-order valence-electron chi connectivity index (χ3n) is 3.26. The second-order valence-corrected chi connectivity index (χ2v) is 10.9. The molecule has 0 aliphatic rings. The molecule has 0 spiro atoms. The summed E-state index contributed by atoms with van der Waals surface area (Å²) in [6, 6.07) is 8.35. The Morgan fingerprint density at radius 2 is 1.62 bits per heavy atom. The zero-order chi connectivity index (χ0) is 12.4. The van der Waals surface area contributed by atoms with E-state index in [2.05, 4.69) is 74.1 Å². The van der Waals surface area contributed by atoms with Crippen molar-refractivity contribution in [2.45, 2.75) is 44.2 Å². The molecular weight excluding hydrogens is 280 g/mol. The Morgan fingerprint density at radius 3 is 2.00 bits per heavy atom. The van der Waals surface area contributed by atoms with Gasteiger partial charge in [0.25, 0.3) is 0 Å². The van der Waals surface area contributed by atoms with Crippen molar-refractivity contribution in [1.29, 1.82) is 0 Å². The van der Waals surface area contributed by atoms with Gasteiger partial charge in [-0.1, -0.05) is 48.8 Å². The Morgan fingerprint density at radius 1 is 1.12 bits per heavy atom. The molecule has 0 aliphatic heterocycles. The topological polar surface area (TPSA) is 9.23 Å². The van der Waals surface area contributed by atoms with Crippen LogP contribution in [0.2, 0.25) is 18.1 Å². The van der Waals surface area contributed by atoms with Crippen LogP contribution in [0.4, 0.5) is 0 Å². The van der Waals surface area contributed by atoms with Gasteiger partial charge in [-0.2, -0.15) is 0 Å². The van der Waals surface area contributed by atoms with Crippen molar-refractivity contribution in [2.75, 3.05) is 0 Å². The third-order valence-corrected chi connectivity index (χ3v) is 8.26. The van der Waals surface area contributed by atoms with E-state index in [0.717, 1.165) is 11.1 Å². The molecule has 0 aliphatic carbocycles. The van der Waals surface area contributed by atoms with Crippen LogP contribution in [0.5, 0.6) is 5.75 Å². The molecule has 0 unspecified atom stereocenters. The van der Waals surface area contributed by atoms with E-state index in [1.165, 1.54) is 5.56 Å². The van der Waals surface area contributed by atoms with Gasteiger partial charge in [0.1, 0.15) is 5.75 Å². The standard InChI is InChI=1S/C13H21BrOSi/c1-13(2,3)16(4,5)15-12-8-6-11(10-14)7-9-12/h6-9H,10H2,1-5H3. The van der Waals surface area contributed by atoms with Gasteiger partial charge >= 0.3 is 0 Å². The Labute approximate surface area is 108 Å². The number of rotatable bonds is 3. The molecule has 90 valence electrons. The Kier molecular flexibility index (Phi) is 4.24. The van der Waals surface area contributed by atoms with Crippen LogP contribution >= 0.6 is 15.9 Å². The summed E-state index contributed by atoms with van der Waals surface area (Å²) in [6.45, 7) is 11.3. The normalized spacial score (nSPS) is 12.6. The van der Waals surface area contributed by atoms with Crippen molar-refractivity contribution in [3.8, 4) is 5.75 Å². The first-order valence-corrected chi connectivity index (χ1v) is 9.63. The predicted octanol–water partition coefficient (Wildman–Crippen LogP) is 4.97. The largest absolute Gasteiger partial charge is 0.544 e. The van der Waals surface area contributed by atoms with Crippen molar-refractivity contribution >= 4 is 24.2 Å². The molecule has 16 heavy (non-hydrogen) atoms. The van der Waals surface area contributed by atoms with Crippen LogP contribution < -0.4 is 4.43 Å². The van der Waals surface area contributed by atoms with E-state index in [1.807, 2.05) is 0 Å². The van der Waals surface area contributed by atoms with Crippen molar-refractivity contribution in [1.82, 2.24) is 0 Å². The third kappa shape index (κ3) is 3.35. The lowest BCUT2D eigenvalue weighted by Gasteiger charge is -2.36. The monoisotopic (exact) mass is 300 g/mol. The zero-order valence-electron chi connectivity index (χ0n) is 10.8. The minimum Gasteiger partial charge on any atom is -0.544 e. The van der Waals surface area contributed by atoms with Gasteiger partial charge in [-0.15, -0.1) is 0 Å². The van der Waals surface area contributed by atoms with Crippen molar-refractivity contribution in [3.63, 3.8) is 0 Å². The van der Waals surface area contributed by atoms with Crippen LogP contribution in [0.15, 0.2) is 24.3 Å². The van der Waals surface area contributed by atoms with Crippen LogP contribution in [-0.2, 0) is 5.33 Å². The molecule has 1 aromatic carbocycles. The molecule has 0 aromatic heterocycles. The van der Waals surface area contributed by atoms with Crippen LogP contribution in [0.3, 0.4) is 0 Å². The number of benzene rings is 1. The second kappa shape index (κ2) is 4.92. The number of hydrogen-bond acceptors (Lipinski definition) is 1. The van der Waals surface area contributed by atoms with Gasteiger partial charge < -0.3 is 4.43 Å². The average molecular weight is 301 g/mol. The van der Waals surface area contributed by atoms with E-state index >= 15 is 0 Å². The van der Waals surface area contributed by atoms with Crippen LogP contribution in [0.1, 0.15) is 26.3 Å². The summed E-state index contributed by atoms with van der Waals surface area (Å²) in [5, 5.41) is 1.15. The molecule has 0 N–H and O–H groups in total. The minimum atomic E-state index is -1.69. The first-order valence-electron chi connectivity index (χ1n) is 5.60. The van der Waals surface area contributed by atoms with Crippen molar-refractivity contribution in [3.05, 3.63) is 29.8 Å². The van der Waals surface area contributed by atoms with Crippen LogP contribution in [0, 0.1) is 0 Å². The van der Waals surface area contributed by atoms with Gasteiger partial charge in [0.2, 0.25) is 8.32 Å². The number of hydrogen-bond donors (Lipinski definition) is 0. The fraction of sp³-hybridized carbons (Fsp3) is 0.538. The molecule has 0 saturated carbocycles. The van der Waals surface area contributed by atoms with Crippen molar-refractivity contribution < 1.29 is 4.43 Å². The molecule has 3 heteroatoms. The highest BCUT2D eigenvalue weighted by atomic mass is 79.9. The van der Waals surface area contributed by atoms with E-state index < -0.39 is 8.32 Å². The predicted molar refractivity (Wildman–Crippen MR) is 76.9 cm³/mol. The maximum Gasteiger partial charge on any atom is 0.250 e. The Balaban J connectivity index is 2.80. The second-order valence-electron chi connectivity index (χ2n) is 5.64. The fourth-order valence-corrected chi connectivity index (χ4v) is 2.50. The minimum absolute atomic E-state index is 0.251. The summed E-state index contributed by atoms with van der Waals surface area (Å²) in [4.78, 5) is 0.